The van der Waals surface area contributed by atoms with Crippen LogP contribution in [0.25, 0.3) is 0 Å². The summed E-state index contributed by atoms with van der Waals surface area (Å²) < 4.78 is 2.52. The Bertz CT molecular complexity index is 899. The van der Waals surface area contributed by atoms with E-state index in [1.807, 2.05) is 0 Å². The molecule has 0 aliphatic heterocycles. The monoisotopic (exact) mass is 445 g/mol. The number of hydrogen-bond acceptors (Lipinski definition) is 0. The quantitative estimate of drug-likeness (QED) is 0.180. The molecule has 178 valence electrons. The van der Waals surface area contributed by atoms with E-state index in [9.17, 15) is 0 Å². The predicted octanol–water partition coefficient (Wildman–Crippen LogP) is 8.14. The van der Waals surface area contributed by atoms with Crippen LogP contribution in [0, 0.1) is 0 Å². The molecule has 3 aromatic rings. The minimum Gasteiger partial charge on any atom is -0.247 e. The molecule has 0 aliphatic carbocycles. The molecule has 0 radical (unpaired) electrons. The van der Waals surface area contributed by atoms with Crippen molar-refractivity contribution in [3.63, 3.8) is 0 Å². The van der Waals surface area contributed by atoms with E-state index in [-0.39, 0.29) is 5.41 Å². The van der Waals surface area contributed by atoms with Crippen LogP contribution in [0.5, 0.6) is 0 Å². The van der Waals surface area contributed by atoms with Gasteiger partial charge in [0.2, 0.25) is 0 Å². The van der Waals surface area contributed by atoms with Gasteiger partial charge in [0.05, 0.1) is 12.5 Å². The maximum absolute atomic E-state index is 3.71. The van der Waals surface area contributed by atoms with Gasteiger partial charge in [-0.15, -0.1) is 0 Å². The van der Waals surface area contributed by atoms with Gasteiger partial charge in [-0.05, 0) is 36.8 Å². The summed E-state index contributed by atoms with van der Waals surface area (Å²) in [5, 5.41) is 0. The Balaban J connectivity index is 1.94. The van der Waals surface area contributed by atoms with E-state index in [2.05, 4.69) is 103 Å². The van der Waals surface area contributed by atoms with E-state index >= 15 is 0 Å². The highest BCUT2D eigenvalue weighted by Crippen LogP contribution is 2.43. The molecule has 2 nitrogen and oxygen atoms in total. The number of aryl methyl sites for hydroxylation is 1. The summed E-state index contributed by atoms with van der Waals surface area (Å²) in [6.45, 7) is 8.21. The summed E-state index contributed by atoms with van der Waals surface area (Å²) >= 11 is 0. The van der Waals surface area contributed by atoms with Crippen LogP contribution in [-0.4, -0.2) is 4.98 Å². The van der Waals surface area contributed by atoms with Gasteiger partial charge < -0.3 is 0 Å². The second-order valence-electron chi connectivity index (χ2n) is 9.95. The standard InChI is InChI=1S/C31H44N2/c1-4-6-8-9-17-24-33-25-23-32-30(33)29(22-12-7-5-2)31(3,28-20-15-11-16-21-28)26-27-18-13-10-14-19-27/h10-11,13-16,18-21,23,25,29H,4-9,12,17,22,24,26H2,1-3H3/p+1. The SMILES string of the molecule is CCCCCCC[n+]1cc[nH]c1C(CCCCC)C(C)(Cc1ccccc1)c1ccccc1. The van der Waals surface area contributed by atoms with E-state index in [0.29, 0.717) is 5.92 Å². The molecular formula is C31H45N2+. The van der Waals surface area contributed by atoms with E-state index in [1.165, 1.54) is 74.7 Å². The van der Waals surface area contributed by atoms with Gasteiger partial charge in [0.25, 0.3) is 5.82 Å². The normalized spacial score (nSPS) is 14.2. The Kier molecular flexibility index (Phi) is 10.2. The van der Waals surface area contributed by atoms with Gasteiger partial charge in [-0.2, -0.15) is 0 Å². The summed E-state index contributed by atoms with van der Waals surface area (Å²) in [7, 11) is 0. The number of nitrogens with one attached hydrogen (secondary N) is 1. The first-order chi connectivity index (χ1) is 16.2. The lowest BCUT2D eigenvalue weighted by Crippen LogP contribution is -2.43. The van der Waals surface area contributed by atoms with Gasteiger partial charge in [0.1, 0.15) is 12.4 Å². The van der Waals surface area contributed by atoms with E-state index < -0.39 is 0 Å². The van der Waals surface area contributed by atoms with Gasteiger partial charge in [0, 0.05) is 5.41 Å². The average molecular weight is 446 g/mol. The summed E-state index contributed by atoms with van der Waals surface area (Å²) in [6, 6.07) is 22.3. The molecule has 0 spiro atoms. The fraction of sp³-hybridized carbons (Fsp3) is 0.516. The number of H-pyrrole nitrogens is 1. The summed E-state index contributed by atoms with van der Waals surface area (Å²) in [4.78, 5) is 3.71. The highest BCUT2D eigenvalue weighted by Gasteiger charge is 2.41. The maximum Gasteiger partial charge on any atom is 0.258 e. The molecule has 0 saturated heterocycles. The molecular weight excluding hydrogens is 400 g/mol. The smallest absolute Gasteiger partial charge is 0.247 e. The van der Waals surface area contributed by atoms with E-state index in [4.69, 9.17) is 0 Å². The van der Waals surface area contributed by atoms with Crippen molar-refractivity contribution in [3.8, 4) is 0 Å². The third-order valence-electron chi connectivity index (χ3n) is 7.34. The minimum absolute atomic E-state index is 0.0190. The van der Waals surface area contributed by atoms with E-state index in [1.54, 1.807) is 0 Å². The first kappa shape index (κ1) is 25.3. The van der Waals surface area contributed by atoms with Crippen LogP contribution in [-0.2, 0) is 18.4 Å². The molecule has 0 aliphatic rings. The number of rotatable bonds is 15. The summed E-state index contributed by atoms with van der Waals surface area (Å²) in [6.07, 6.45) is 17.1. The molecule has 1 aromatic heterocycles. The Morgan fingerprint density at radius 1 is 0.788 bits per heavy atom. The first-order valence-corrected chi connectivity index (χ1v) is 13.3. The average Bonchev–Trinajstić information content (AvgIpc) is 3.31. The van der Waals surface area contributed by atoms with Crippen molar-refractivity contribution in [1.29, 1.82) is 0 Å². The van der Waals surface area contributed by atoms with Gasteiger partial charge in [-0.25, -0.2) is 9.55 Å². The lowest BCUT2D eigenvalue weighted by molar-refractivity contribution is -0.705. The number of nitrogens with zero attached hydrogens (tertiary/aromatic N) is 1. The molecule has 33 heavy (non-hydrogen) atoms. The van der Waals surface area contributed by atoms with Gasteiger partial charge >= 0.3 is 0 Å². The Hall–Kier alpha value is -2.35. The van der Waals surface area contributed by atoms with Gasteiger partial charge in [-0.1, -0.05) is 120 Å². The zero-order valence-electron chi connectivity index (χ0n) is 21.2. The second kappa shape index (κ2) is 13.4. The maximum atomic E-state index is 3.71. The largest absolute Gasteiger partial charge is 0.258 e. The molecule has 1 N–H and O–H groups in total. The van der Waals surface area contributed by atoms with Crippen LogP contribution >= 0.6 is 0 Å². The number of aromatic amines is 1. The molecule has 2 atom stereocenters. The Labute approximate surface area is 202 Å². The zero-order valence-corrected chi connectivity index (χ0v) is 21.2. The van der Waals surface area contributed by atoms with Crippen molar-refractivity contribution >= 4 is 0 Å². The minimum atomic E-state index is 0.0190. The van der Waals surface area contributed by atoms with Gasteiger partial charge in [-0.3, -0.25) is 0 Å². The van der Waals surface area contributed by atoms with Crippen LogP contribution in [0.3, 0.4) is 0 Å². The van der Waals surface area contributed by atoms with Crippen LogP contribution in [0.1, 0.15) is 101 Å². The molecule has 3 rings (SSSR count). The van der Waals surface area contributed by atoms with Crippen molar-refractivity contribution in [2.75, 3.05) is 0 Å². The Morgan fingerprint density at radius 2 is 1.42 bits per heavy atom. The molecule has 2 heteroatoms. The van der Waals surface area contributed by atoms with Crippen molar-refractivity contribution in [2.45, 2.75) is 103 Å². The highest BCUT2D eigenvalue weighted by atomic mass is 15.1. The highest BCUT2D eigenvalue weighted by molar-refractivity contribution is 5.32. The number of unbranched alkanes of at least 4 members (excludes halogenated alkanes) is 6. The van der Waals surface area contributed by atoms with Crippen molar-refractivity contribution < 1.29 is 4.57 Å². The zero-order chi connectivity index (χ0) is 23.4. The third-order valence-corrected chi connectivity index (χ3v) is 7.34. The van der Waals surface area contributed by atoms with Crippen LogP contribution in [0.15, 0.2) is 73.1 Å². The lowest BCUT2D eigenvalue weighted by Gasteiger charge is -2.37. The Morgan fingerprint density at radius 3 is 2.12 bits per heavy atom. The van der Waals surface area contributed by atoms with Gasteiger partial charge in [0.15, 0.2) is 0 Å². The summed E-state index contributed by atoms with van der Waals surface area (Å²) in [5.74, 6) is 1.85. The molecule has 2 aromatic carbocycles. The van der Waals surface area contributed by atoms with Crippen molar-refractivity contribution in [2.24, 2.45) is 0 Å². The molecule has 0 bridgehead atoms. The molecule has 0 fully saturated rings. The fourth-order valence-electron chi connectivity index (χ4n) is 5.38. The van der Waals surface area contributed by atoms with Crippen molar-refractivity contribution in [3.05, 3.63) is 90.0 Å². The summed E-state index contributed by atoms with van der Waals surface area (Å²) in [5.41, 5.74) is 2.88. The van der Waals surface area contributed by atoms with Crippen LogP contribution < -0.4 is 4.57 Å². The number of benzene rings is 2. The third kappa shape index (κ3) is 7.06. The molecule has 0 saturated carbocycles. The lowest BCUT2D eigenvalue weighted by atomic mass is 9.66. The molecule has 0 amide bonds. The fourth-order valence-corrected chi connectivity index (χ4v) is 5.38. The number of aromatic nitrogens is 2. The predicted molar refractivity (Wildman–Crippen MR) is 141 cm³/mol. The topological polar surface area (TPSA) is 19.7 Å². The van der Waals surface area contributed by atoms with Crippen LogP contribution in [0.2, 0.25) is 0 Å². The molecule has 2 unspecified atom stereocenters. The first-order valence-electron chi connectivity index (χ1n) is 13.3. The van der Waals surface area contributed by atoms with Crippen LogP contribution in [0.4, 0.5) is 0 Å². The number of imidazole rings is 1. The van der Waals surface area contributed by atoms with Crippen molar-refractivity contribution in [1.82, 2.24) is 4.98 Å². The second-order valence-corrected chi connectivity index (χ2v) is 9.95. The molecule has 1 heterocycles. The van der Waals surface area contributed by atoms with E-state index in [0.717, 1.165) is 13.0 Å². The number of hydrogen-bond donors (Lipinski definition) is 1.